The van der Waals surface area contributed by atoms with Crippen molar-refractivity contribution in [3.05, 3.63) is 52.2 Å². The van der Waals surface area contributed by atoms with Gasteiger partial charge >= 0.3 is 0 Å². The number of hydrogen-bond acceptors (Lipinski definition) is 4. The number of likely N-dealkylation sites (tertiary alicyclic amines) is 1. The summed E-state index contributed by atoms with van der Waals surface area (Å²) in [7, 11) is 0. The zero-order chi connectivity index (χ0) is 16.2. The van der Waals surface area contributed by atoms with Gasteiger partial charge < -0.3 is 5.32 Å². The molecule has 23 heavy (non-hydrogen) atoms. The number of carbonyl (C=O) groups is 2. The normalized spacial score (nSPS) is 18.0. The smallest absolute Gasteiger partial charge is 0.238 e. The molecule has 3 rings (SSSR count). The maximum Gasteiger partial charge on any atom is 0.238 e. The van der Waals surface area contributed by atoms with Crippen molar-refractivity contribution in [2.75, 3.05) is 18.4 Å². The van der Waals surface area contributed by atoms with Crippen LogP contribution in [0.2, 0.25) is 0 Å². The van der Waals surface area contributed by atoms with E-state index in [9.17, 15) is 9.59 Å². The number of rotatable bonds is 5. The Morgan fingerprint density at radius 3 is 2.96 bits per heavy atom. The van der Waals surface area contributed by atoms with E-state index in [-0.39, 0.29) is 11.7 Å². The summed E-state index contributed by atoms with van der Waals surface area (Å²) in [5, 5.41) is 7.15. The van der Waals surface area contributed by atoms with E-state index in [0.29, 0.717) is 23.8 Å². The second-order valence-electron chi connectivity index (χ2n) is 5.87. The van der Waals surface area contributed by atoms with Crippen LogP contribution in [0.5, 0.6) is 0 Å². The molecule has 0 radical (unpaired) electrons. The molecule has 1 N–H and O–H groups in total. The molecule has 4 nitrogen and oxygen atoms in total. The third-order valence-corrected chi connectivity index (χ3v) is 4.89. The van der Waals surface area contributed by atoms with Crippen molar-refractivity contribution >= 4 is 28.7 Å². The molecule has 120 valence electrons. The summed E-state index contributed by atoms with van der Waals surface area (Å²) >= 11 is 1.70. The van der Waals surface area contributed by atoms with Crippen molar-refractivity contribution in [2.24, 2.45) is 0 Å². The molecule has 1 aliphatic heterocycles. The molecule has 1 aromatic carbocycles. The zero-order valence-electron chi connectivity index (χ0n) is 13.1. The molecule has 1 fully saturated rings. The Morgan fingerprint density at radius 1 is 1.35 bits per heavy atom. The summed E-state index contributed by atoms with van der Waals surface area (Å²) in [6.45, 7) is 2.85. The minimum atomic E-state index is -0.0344. The van der Waals surface area contributed by atoms with Gasteiger partial charge in [0.25, 0.3) is 0 Å². The van der Waals surface area contributed by atoms with Crippen molar-refractivity contribution in [1.82, 2.24) is 4.90 Å². The Morgan fingerprint density at radius 2 is 2.22 bits per heavy atom. The molecular weight excluding hydrogens is 308 g/mol. The lowest BCUT2D eigenvalue weighted by Gasteiger charge is -2.23. The number of hydrogen-bond donors (Lipinski definition) is 1. The summed E-state index contributed by atoms with van der Waals surface area (Å²) in [4.78, 5) is 26.0. The van der Waals surface area contributed by atoms with Gasteiger partial charge in [-0.15, -0.1) is 0 Å². The largest absolute Gasteiger partial charge is 0.325 e. The number of carbonyl (C=O) groups excluding carboxylic acids is 2. The minimum Gasteiger partial charge on any atom is -0.325 e. The fourth-order valence-electron chi connectivity index (χ4n) is 3.06. The van der Waals surface area contributed by atoms with Crippen LogP contribution in [0.15, 0.2) is 41.1 Å². The average molecular weight is 328 g/mol. The standard InChI is InChI=1S/C18H20N2O2S/c1-13(21)14-4-2-5-16(10-14)19-18(22)11-20-8-3-6-17(20)15-7-9-23-12-15/h2,4-5,7,9-10,12,17H,3,6,8,11H2,1H3,(H,19,22). The summed E-state index contributed by atoms with van der Waals surface area (Å²) in [5.74, 6) is -0.0361. The summed E-state index contributed by atoms with van der Waals surface area (Å²) < 4.78 is 0. The number of nitrogens with one attached hydrogen (secondary N) is 1. The lowest BCUT2D eigenvalue weighted by molar-refractivity contribution is -0.117. The maximum atomic E-state index is 12.3. The first-order valence-corrected chi connectivity index (χ1v) is 8.75. The van der Waals surface area contributed by atoms with Crippen LogP contribution in [0, 0.1) is 0 Å². The van der Waals surface area contributed by atoms with Crippen LogP contribution < -0.4 is 5.32 Å². The van der Waals surface area contributed by atoms with Crippen molar-refractivity contribution in [1.29, 1.82) is 0 Å². The highest BCUT2D eigenvalue weighted by Gasteiger charge is 2.27. The molecule has 0 bridgehead atoms. The predicted octanol–water partition coefficient (Wildman–Crippen LogP) is 3.73. The van der Waals surface area contributed by atoms with E-state index in [0.717, 1.165) is 19.4 Å². The van der Waals surface area contributed by atoms with Crippen LogP contribution in [0.1, 0.15) is 41.7 Å². The van der Waals surface area contributed by atoms with Gasteiger partial charge in [0.2, 0.25) is 5.91 Å². The van der Waals surface area contributed by atoms with Crippen LogP contribution in [-0.2, 0) is 4.79 Å². The van der Waals surface area contributed by atoms with Gasteiger partial charge in [0.1, 0.15) is 0 Å². The van der Waals surface area contributed by atoms with E-state index in [4.69, 9.17) is 0 Å². The predicted molar refractivity (Wildman–Crippen MR) is 92.9 cm³/mol. The zero-order valence-corrected chi connectivity index (χ0v) is 13.9. The van der Waals surface area contributed by atoms with Gasteiger partial charge in [-0.25, -0.2) is 0 Å². The van der Waals surface area contributed by atoms with Gasteiger partial charge in [0, 0.05) is 17.3 Å². The molecule has 5 heteroatoms. The molecule has 1 amide bonds. The Balaban J connectivity index is 1.63. The van der Waals surface area contributed by atoms with Crippen LogP contribution in [-0.4, -0.2) is 29.7 Å². The van der Waals surface area contributed by atoms with Crippen molar-refractivity contribution in [3.8, 4) is 0 Å². The van der Waals surface area contributed by atoms with Crippen LogP contribution in [0.4, 0.5) is 5.69 Å². The van der Waals surface area contributed by atoms with E-state index in [1.54, 1.807) is 29.5 Å². The monoisotopic (exact) mass is 328 g/mol. The highest BCUT2D eigenvalue weighted by Crippen LogP contribution is 2.32. The number of anilines is 1. The lowest BCUT2D eigenvalue weighted by atomic mass is 10.1. The van der Waals surface area contributed by atoms with E-state index in [1.165, 1.54) is 12.5 Å². The molecule has 1 atom stereocenters. The van der Waals surface area contributed by atoms with Crippen molar-refractivity contribution < 1.29 is 9.59 Å². The molecule has 1 saturated heterocycles. The number of benzene rings is 1. The van der Waals surface area contributed by atoms with E-state index >= 15 is 0 Å². The number of ketones is 1. The third kappa shape index (κ3) is 3.86. The van der Waals surface area contributed by atoms with Crippen LogP contribution >= 0.6 is 11.3 Å². The first kappa shape index (κ1) is 15.9. The molecule has 2 heterocycles. The minimum absolute atomic E-state index is 0.00170. The Bertz CT molecular complexity index is 697. The molecule has 0 aliphatic carbocycles. The van der Waals surface area contributed by atoms with Crippen molar-refractivity contribution in [3.63, 3.8) is 0 Å². The van der Waals surface area contributed by atoms with Gasteiger partial charge in [-0.1, -0.05) is 12.1 Å². The Hall–Kier alpha value is -1.98. The van der Waals surface area contributed by atoms with Gasteiger partial charge in [-0.3, -0.25) is 14.5 Å². The molecule has 2 aromatic rings. The Labute approximate surface area is 140 Å². The third-order valence-electron chi connectivity index (χ3n) is 4.19. The Kier molecular flexibility index (Phi) is 4.88. The average Bonchev–Trinajstić information content (AvgIpc) is 3.18. The summed E-state index contributed by atoms with van der Waals surface area (Å²) in [6.07, 6.45) is 2.22. The molecule has 1 aromatic heterocycles. The number of amides is 1. The van der Waals surface area contributed by atoms with E-state index in [1.807, 2.05) is 6.07 Å². The van der Waals surface area contributed by atoms with Crippen LogP contribution in [0.25, 0.3) is 0 Å². The fraction of sp³-hybridized carbons (Fsp3) is 0.333. The van der Waals surface area contributed by atoms with Crippen molar-refractivity contribution in [2.45, 2.75) is 25.8 Å². The number of thiophene rings is 1. The van der Waals surface area contributed by atoms with Crippen LogP contribution in [0.3, 0.4) is 0 Å². The molecule has 1 aliphatic rings. The lowest BCUT2D eigenvalue weighted by Crippen LogP contribution is -2.32. The van der Waals surface area contributed by atoms with Gasteiger partial charge in [-0.2, -0.15) is 11.3 Å². The number of Topliss-reactive ketones (excluding diaryl/α,β-unsaturated/α-hetero) is 1. The SMILES string of the molecule is CC(=O)c1cccc(NC(=O)CN2CCCC2c2ccsc2)c1. The second kappa shape index (κ2) is 7.06. The van der Waals surface area contributed by atoms with Gasteiger partial charge in [0.05, 0.1) is 6.54 Å². The quantitative estimate of drug-likeness (QED) is 0.851. The second-order valence-corrected chi connectivity index (χ2v) is 6.65. The van der Waals surface area contributed by atoms with E-state index < -0.39 is 0 Å². The summed E-state index contributed by atoms with van der Waals surface area (Å²) in [6, 6.07) is 9.56. The fourth-order valence-corrected chi connectivity index (χ4v) is 3.77. The van der Waals surface area contributed by atoms with E-state index in [2.05, 4.69) is 27.0 Å². The van der Waals surface area contributed by atoms with Gasteiger partial charge in [-0.05, 0) is 60.8 Å². The molecular formula is C18H20N2O2S. The molecule has 1 unspecified atom stereocenters. The highest BCUT2D eigenvalue weighted by atomic mass is 32.1. The summed E-state index contributed by atoms with van der Waals surface area (Å²) in [5.41, 5.74) is 2.59. The van der Waals surface area contributed by atoms with Gasteiger partial charge in [0.15, 0.2) is 5.78 Å². The maximum absolute atomic E-state index is 12.3. The molecule has 0 saturated carbocycles. The first-order valence-electron chi connectivity index (χ1n) is 7.80. The molecule has 0 spiro atoms. The topological polar surface area (TPSA) is 49.4 Å². The highest BCUT2D eigenvalue weighted by molar-refractivity contribution is 7.07. The number of nitrogens with zero attached hydrogens (tertiary/aromatic N) is 1. The first-order chi connectivity index (χ1) is 11.1.